The average molecular weight is 287 g/mol. The Balaban J connectivity index is 2.09. The third-order valence-electron chi connectivity index (χ3n) is 2.75. The molecule has 1 heterocycles. The van der Waals surface area contributed by atoms with E-state index in [0.717, 1.165) is 11.3 Å². The zero-order chi connectivity index (χ0) is 15.2. The van der Waals surface area contributed by atoms with E-state index in [2.05, 4.69) is 15.3 Å². The molecule has 0 amide bonds. The largest absolute Gasteiger partial charge is 0.478 e. The minimum absolute atomic E-state index is 0.259. The normalized spacial score (nSPS) is 10.2. The van der Waals surface area contributed by atoms with Gasteiger partial charge in [0.25, 0.3) is 0 Å². The van der Waals surface area contributed by atoms with Crippen molar-refractivity contribution in [2.45, 2.75) is 20.4 Å². The van der Waals surface area contributed by atoms with Gasteiger partial charge in [0.15, 0.2) is 0 Å². The van der Waals surface area contributed by atoms with E-state index in [4.69, 9.17) is 9.84 Å². The van der Waals surface area contributed by atoms with Crippen molar-refractivity contribution in [1.29, 1.82) is 0 Å². The summed E-state index contributed by atoms with van der Waals surface area (Å²) in [6, 6.07) is 8.50. The van der Waals surface area contributed by atoms with E-state index in [1.54, 1.807) is 24.3 Å². The molecule has 0 atom stereocenters. The van der Waals surface area contributed by atoms with Gasteiger partial charge >= 0.3 is 5.97 Å². The molecule has 0 spiro atoms. The van der Waals surface area contributed by atoms with E-state index in [-0.39, 0.29) is 5.56 Å². The second-order valence-corrected chi connectivity index (χ2v) is 4.46. The molecule has 0 fully saturated rings. The number of carbonyl (C=O) groups is 1. The molecule has 1 aromatic carbocycles. The molecular weight excluding hydrogens is 270 g/mol. The predicted molar refractivity (Wildman–Crippen MR) is 78.7 cm³/mol. The number of nitrogens with zero attached hydrogens (tertiary/aromatic N) is 2. The van der Waals surface area contributed by atoms with Crippen LogP contribution < -0.4 is 10.1 Å². The quantitative estimate of drug-likeness (QED) is 0.849. The number of benzene rings is 1. The summed E-state index contributed by atoms with van der Waals surface area (Å²) >= 11 is 0. The molecule has 0 aliphatic carbocycles. The van der Waals surface area contributed by atoms with Gasteiger partial charge in [-0.1, -0.05) is 12.1 Å². The predicted octanol–water partition coefficient (Wildman–Crippen LogP) is 2.49. The second-order valence-electron chi connectivity index (χ2n) is 4.46. The van der Waals surface area contributed by atoms with Crippen LogP contribution in [0.3, 0.4) is 0 Å². The van der Waals surface area contributed by atoms with Gasteiger partial charge in [0, 0.05) is 18.3 Å². The maximum absolute atomic E-state index is 10.9. The van der Waals surface area contributed by atoms with Crippen molar-refractivity contribution in [3.8, 4) is 5.88 Å². The third-order valence-corrected chi connectivity index (χ3v) is 2.75. The van der Waals surface area contributed by atoms with E-state index in [9.17, 15) is 4.79 Å². The lowest BCUT2D eigenvalue weighted by atomic mass is 10.1. The summed E-state index contributed by atoms with van der Waals surface area (Å²) in [4.78, 5) is 19.4. The highest BCUT2D eigenvalue weighted by molar-refractivity contribution is 5.87. The van der Waals surface area contributed by atoms with Crippen LogP contribution in [0.2, 0.25) is 0 Å². The number of hydrogen-bond acceptors (Lipinski definition) is 5. The van der Waals surface area contributed by atoms with Gasteiger partial charge in [-0.2, -0.15) is 4.98 Å². The van der Waals surface area contributed by atoms with Crippen LogP contribution in [0.25, 0.3) is 0 Å². The molecule has 0 unspecified atom stereocenters. The minimum atomic E-state index is -0.942. The number of nitrogens with one attached hydrogen (secondary N) is 1. The standard InChI is InChI=1S/C15H17N3O3/c1-3-21-13-7-10(2)17-15(18-13)16-9-11-5-4-6-12(8-11)14(19)20/h4-8H,3,9H2,1-2H3,(H,19,20)(H,16,17,18). The summed E-state index contributed by atoms with van der Waals surface area (Å²) in [5, 5.41) is 12.0. The number of carboxylic acids is 1. The number of carboxylic acid groups (broad SMARTS) is 1. The Hall–Kier alpha value is -2.63. The molecule has 6 nitrogen and oxygen atoms in total. The molecule has 0 aliphatic rings. The van der Waals surface area contributed by atoms with Gasteiger partial charge in [0.05, 0.1) is 12.2 Å². The number of ether oxygens (including phenoxy) is 1. The van der Waals surface area contributed by atoms with Crippen molar-refractivity contribution in [3.63, 3.8) is 0 Å². The number of aromatic carboxylic acids is 1. The summed E-state index contributed by atoms with van der Waals surface area (Å²) in [7, 11) is 0. The van der Waals surface area contributed by atoms with Crippen molar-refractivity contribution in [3.05, 3.63) is 47.2 Å². The van der Waals surface area contributed by atoms with Crippen molar-refractivity contribution in [1.82, 2.24) is 9.97 Å². The van der Waals surface area contributed by atoms with Gasteiger partial charge in [0.2, 0.25) is 11.8 Å². The molecule has 2 rings (SSSR count). The highest BCUT2D eigenvalue weighted by Crippen LogP contribution is 2.13. The second kappa shape index (κ2) is 6.69. The van der Waals surface area contributed by atoms with Crippen molar-refractivity contribution >= 4 is 11.9 Å². The molecule has 21 heavy (non-hydrogen) atoms. The summed E-state index contributed by atoms with van der Waals surface area (Å²) in [5.74, 6) is 0.0354. The fourth-order valence-electron chi connectivity index (χ4n) is 1.84. The van der Waals surface area contributed by atoms with Gasteiger partial charge in [-0.05, 0) is 31.5 Å². The van der Waals surface area contributed by atoms with E-state index < -0.39 is 5.97 Å². The van der Waals surface area contributed by atoms with Crippen LogP contribution in [0.4, 0.5) is 5.95 Å². The molecular formula is C15H17N3O3. The van der Waals surface area contributed by atoms with Crippen molar-refractivity contribution in [2.24, 2.45) is 0 Å². The highest BCUT2D eigenvalue weighted by atomic mass is 16.5. The Labute approximate surface area is 122 Å². The van der Waals surface area contributed by atoms with Gasteiger partial charge in [-0.25, -0.2) is 9.78 Å². The molecule has 1 aromatic heterocycles. The topological polar surface area (TPSA) is 84.3 Å². The van der Waals surface area contributed by atoms with Crippen LogP contribution >= 0.6 is 0 Å². The molecule has 0 radical (unpaired) electrons. The fraction of sp³-hybridized carbons (Fsp3) is 0.267. The summed E-state index contributed by atoms with van der Waals surface area (Å²) in [6.45, 7) is 4.73. The Morgan fingerprint density at radius 2 is 2.14 bits per heavy atom. The number of aromatic nitrogens is 2. The number of hydrogen-bond donors (Lipinski definition) is 2. The van der Waals surface area contributed by atoms with Crippen LogP contribution in [-0.2, 0) is 6.54 Å². The lowest BCUT2D eigenvalue weighted by molar-refractivity contribution is 0.0696. The highest BCUT2D eigenvalue weighted by Gasteiger charge is 2.05. The maximum Gasteiger partial charge on any atom is 0.335 e. The monoisotopic (exact) mass is 287 g/mol. The molecule has 0 saturated heterocycles. The van der Waals surface area contributed by atoms with Gasteiger partial charge in [-0.3, -0.25) is 0 Å². The third kappa shape index (κ3) is 4.17. The Bertz CT molecular complexity index is 644. The maximum atomic E-state index is 10.9. The zero-order valence-corrected chi connectivity index (χ0v) is 12.0. The smallest absolute Gasteiger partial charge is 0.335 e. The zero-order valence-electron chi connectivity index (χ0n) is 12.0. The SMILES string of the molecule is CCOc1cc(C)nc(NCc2cccc(C(=O)O)c2)n1. The molecule has 0 bridgehead atoms. The number of rotatable bonds is 6. The van der Waals surface area contributed by atoms with Crippen LogP contribution in [0, 0.1) is 6.92 Å². The first-order valence-corrected chi connectivity index (χ1v) is 6.63. The molecule has 110 valence electrons. The van der Waals surface area contributed by atoms with Gasteiger partial charge < -0.3 is 15.2 Å². The first kappa shape index (κ1) is 14.8. The van der Waals surface area contributed by atoms with Gasteiger partial charge in [-0.15, -0.1) is 0 Å². The fourth-order valence-corrected chi connectivity index (χ4v) is 1.84. The lowest BCUT2D eigenvalue weighted by Gasteiger charge is -2.09. The average Bonchev–Trinajstić information content (AvgIpc) is 2.45. The lowest BCUT2D eigenvalue weighted by Crippen LogP contribution is -2.07. The molecule has 0 aliphatic heterocycles. The first-order valence-electron chi connectivity index (χ1n) is 6.63. The van der Waals surface area contributed by atoms with E-state index in [1.165, 1.54) is 0 Å². The summed E-state index contributed by atoms with van der Waals surface area (Å²) in [5.41, 5.74) is 1.91. The first-order chi connectivity index (χ1) is 10.1. The van der Waals surface area contributed by atoms with E-state index in [1.807, 2.05) is 19.9 Å². The summed E-state index contributed by atoms with van der Waals surface area (Å²) < 4.78 is 5.36. The Morgan fingerprint density at radius 1 is 1.33 bits per heavy atom. The Morgan fingerprint density at radius 3 is 2.86 bits per heavy atom. The van der Waals surface area contributed by atoms with Crippen LogP contribution in [0.1, 0.15) is 28.5 Å². The minimum Gasteiger partial charge on any atom is -0.478 e. The van der Waals surface area contributed by atoms with Crippen molar-refractivity contribution < 1.29 is 14.6 Å². The van der Waals surface area contributed by atoms with E-state index in [0.29, 0.717) is 25.0 Å². The number of aryl methyl sites for hydroxylation is 1. The van der Waals surface area contributed by atoms with Crippen LogP contribution in [-0.4, -0.2) is 27.7 Å². The van der Waals surface area contributed by atoms with E-state index >= 15 is 0 Å². The Kier molecular flexibility index (Phi) is 4.71. The molecule has 2 aromatic rings. The van der Waals surface area contributed by atoms with Gasteiger partial charge in [0.1, 0.15) is 0 Å². The molecule has 0 saturated carbocycles. The van der Waals surface area contributed by atoms with Crippen LogP contribution in [0.5, 0.6) is 5.88 Å². The van der Waals surface area contributed by atoms with Crippen molar-refractivity contribution in [2.75, 3.05) is 11.9 Å². The molecule has 2 N–H and O–H groups in total. The number of anilines is 1. The van der Waals surface area contributed by atoms with Crippen LogP contribution in [0.15, 0.2) is 30.3 Å². The molecule has 6 heteroatoms. The summed E-state index contributed by atoms with van der Waals surface area (Å²) in [6.07, 6.45) is 0.